The molecule has 0 aliphatic carbocycles. The minimum atomic E-state index is -4.69. The number of halogens is 3. The Bertz CT molecular complexity index is 452. The number of hydrogen-bond donors (Lipinski definition) is 0. The van der Waals surface area contributed by atoms with Crippen LogP contribution in [0, 0.1) is 11.3 Å². The Morgan fingerprint density at radius 1 is 1.65 bits per heavy atom. The number of nitriles is 1. The Morgan fingerprint density at radius 2 is 2.29 bits per heavy atom. The van der Waals surface area contributed by atoms with E-state index in [1.165, 1.54) is 13.0 Å². The summed E-state index contributed by atoms with van der Waals surface area (Å²) in [7, 11) is 0. The van der Waals surface area contributed by atoms with Gasteiger partial charge in [-0.15, -0.1) is 0 Å². The fourth-order valence-electron chi connectivity index (χ4n) is 0.902. The second kappa shape index (κ2) is 5.09. The Hall–Kier alpha value is -1.69. The Morgan fingerprint density at radius 3 is 2.71 bits per heavy atom. The van der Waals surface area contributed by atoms with Gasteiger partial charge in [-0.3, -0.25) is 4.79 Å². The molecule has 0 saturated heterocycles. The molecule has 92 valence electrons. The van der Waals surface area contributed by atoms with Gasteiger partial charge in [0.15, 0.2) is 5.92 Å². The van der Waals surface area contributed by atoms with E-state index in [2.05, 4.69) is 14.1 Å². The number of nitrogens with zero attached hydrogens (tertiary/aromatic N) is 3. The van der Waals surface area contributed by atoms with E-state index in [0.29, 0.717) is 11.5 Å². The number of esters is 1. The lowest BCUT2D eigenvalue weighted by Gasteiger charge is -2.04. The lowest BCUT2D eigenvalue weighted by molar-refractivity contribution is -0.145. The molecule has 1 atom stereocenters. The molecule has 0 bridgehead atoms. The molecule has 0 saturated carbocycles. The van der Waals surface area contributed by atoms with Crippen LogP contribution in [0.15, 0.2) is 0 Å². The number of carbonyl (C=O) groups is 1. The summed E-state index contributed by atoms with van der Waals surface area (Å²) in [6.45, 7) is 1.55. The summed E-state index contributed by atoms with van der Waals surface area (Å²) < 4.78 is 44.2. The van der Waals surface area contributed by atoms with Gasteiger partial charge in [-0.1, -0.05) is 0 Å². The van der Waals surface area contributed by atoms with E-state index < -0.39 is 23.9 Å². The van der Waals surface area contributed by atoms with Crippen LogP contribution in [0.25, 0.3) is 0 Å². The van der Waals surface area contributed by atoms with Gasteiger partial charge in [-0.05, 0) is 18.5 Å². The highest BCUT2D eigenvalue weighted by Gasteiger charge is 2.38. The summed E-state index contributed by atoms with van der Waals surface area (Å²) >= 11 is 0.359. The molecule has 0 aliphatic heterocycles. The van der Waals surface area contributed by atoms with Crippen molar-refractivity contribution in [3.8, 4) is 6.07 Å². The Balaban J connectivity index is 2.96. The van der Waals surface area contributed by atoms with Crippen LogP contribution < -0.4 is 0 Å². The van der Waals surface area contributed by atoms with Crippen molar-refractivity contribution in [2.45, 2.75) is 19.0 Å². The summed E-state index contributed by atoms with van der Waals surface area (Å²) in [6.07, 6.45) is -4.69. The molecule has 0 aliphatic rings. The molecule has 1 aromatic heterocycles. The number of hydrogen-bond acceptors (Lipinski definition) is 6. The van der Waals surface area contributed by atoms with Crippen molar-refractivity contribution in [3.05, 3.63) is 10.8 Å². The molecule has 5 nitrogen and oxygen atoms in total. The minimum absolute atomic E-state index is 0.0297. The average molecular weight is 265 g/mol. The summed E-state index contributed by atoms with van der Waals surface area (Å²) in [4.78, 5) is 14.4. The van der Waals surface area contributed by atoms with Gasteiger partial charge < -0.3 is 4.74 Å². The normalized spacial score (nSPS) is 12.9. The van der Waals surface area contributed by atoms with Crippen LogP contribution in [0.4, 0.5) is 13.2 Å². The molecule has 1 rings (SSSR count). The zero-order valence-electron chi connectivity index (χ0n) is 8.48. The van der Waals surface area contributed by atoms with Gasteiger partial charge in [0.25, 0.3) is 0 Å². The summed E-state index contributed by atoms with van der Waals surface area (Å²) in [6, 6.07) is 1.53. The molecule has 0 N–H and O–H groups in total. The van der Waals surface area contributed by atoms with Gasteiger partial charge in [-0.25, -0.2) is 4.98 Å². The summed E-state index contributed by atoms with van der Waals surface area (Å²) in [5.74, 6) is -3.76. The summed E-state index contributed by atoms with van der Waals surface area (Å²) in [5.41, 5.74) is 0. The number of aromatic nitrogens is 2. The molecule has 9 heteroatoms. The van der Waals surface area contributed by atoms with Crippen molar-refractivity contribution in [1.82, 2.24) is 9.36 Å². The SMILES string of the molecule is CCOC(=O)C(C#N)c1nc(C(F)(F)F)ns1. The maximum atomic E-state index is 12.2. The Kier molecular flexibility index (Phi) is 4.01. The number of rotatable bonds is 3. The van der Waals surface area contributed by atoms with Crippen LogP contribution in [0.5, 0.6) is 0 Å². The largest absolute Gasteiger partial charge is 0.465 e. The zero-order valence-corrected chi connectivity index (χ0v) is 9.30. The first kappa shape index (κ1) is 13.4. The highest BCUT2D eigenvalue weighted by atomic mass is 32.1. The molecule has 1 heterocycles. The number of ether oxygens (including phenoxy) is 1. The molecule has 1 aromatic rings. The molecule has 0 radical (unpaired) electrons. The van der Waals surface area contributed by atoms with E-state index >= 15 is 0 Å². The second-order valence-electron chi connectivity index (χ2n) is 2.77. The minimum Gasteiger partial charge on any atom is -0.465 e. The van der Waals surface area contributed by atoms with E-state index in [0.717, 1.165) is 0 Å². The lowest BCUT2D eigenvalue weighted by atomic mass is 10.2. The molecular weight excluding hydrogens is 259 g/mol. The smallest absolute Gasteiger partial charge is 0.452 e. The highest BCUT2D eigenvalue weighted by Crippen LogP contribution is 2.29. The van der Waals surface area contributed by atoms with Crippen molar-refractivity contribution in [2.24, 2.45) is 0 Å². The van der Waals surface area contributed by atoms with Crippen molar-refractivity contribution in [1.29, 1.82) is 5.26 Å². The molecule has 0 fully saturated rings. The highest BCUT2D eigenvalue weighted by molar-refractivity contribution is 7.05. The average Bonchev–Trinajstić information content (AvgIpc) is 2.68. The van der Waals surface area contributed by atoms with E-state index in [9.17, 15) is 18.0 Å². The van der Waals surface area contributed by atoms with Crippen molar-refractivity contribution < 1.29 is 22.7 Å². The molecule has 0 amide bonds. The van der Waals surface area contributed by atoms with E-state index in [4.69, 9.17) is 5.26 Å². The molecule has 1 unspecified atom stereocenters. The van der Waals surface area contributed by atoms with Crippen molar-refractivity contribution in [3.63, 3.8) is 0 Å². The zero-order chi connectivity index (χ0) is 13.1. The Labute approximate surface area is 98.0 Å². The maximum Gasteiger partial charge on any atom is 0.452 e. The van der Waals surface area contributed by atoms with E-state index in [1.807, 2.05) is 0 Å². The van der Waals surface area contributed by atoms with Gasteiger partial charge in [0.05, 0.1) is 12.7 Å². The molecule has 17 heavy (non-hydrogen) atoms. The van der Waals surface area contributed by atoms with Crippen LogP contribution in [0.2, 0.25) is 0 Å². The quantitative estimate of drug-likeness (QED) is 0.778. The standard InChI is InChI=1S/C8H6F3N3O2S/c1-2-16-6(15)4(3-12)5-13-7(14-17-5)8(9,10)11/h4H,2H2,1H3. The van der Waals surface area contributed by atoms with Gasteiger partial charge in [0.2, 0.25) is 5.82 Å². The lowest BCUT2D eigenvalue weighted by Crippen LogP contribution is -2.15. The number of carbonyl (C=O) groups excluding carboxylic acids is 1. The van der Waals surface area contributed by atoms with Crippen LogP contribution >= 0.6 is 11.5 Å². The van der Waals surface area contributed by atoms with Crippen LogP contribution in [0.1, 0.15) is 23.7 Å². The first-order valence-corrected chi connectivity index (χ1v) is 5.14. The predicted molar refractivity (Wildman–Crippen MR) is 49.9 cm³/mol. The van der Waals surface area contributed by atoms with Crippen LogP contribution in [-0.4, -0.2) is 21.9 Å². The topological polar surface area (TPSA) is 75.9 Å². The third-order valence-corrected chi connectivity index (χ3v) is 2.37. The monoisotopic (exact) mass is 265 g/mol. The van der Waals surface area contributed by atoms with Crippen molar-refractivity contribution in [2.75, 3.05) is 6.61 Å². The number of alkyl halides is 3. The fourth-order valence-corrected chi connectivity index (χ4v) is 1.61. The predicted octanol–water partition coefficient (Wildman–Crippen LogP) is 1.73. The maximum absolute atomic E-state index is 12.2. The fraction of sp³-hybridized carbons (Fsp3) is 0.500. The van der Waals surface area contributed by atoms with Gasteiger partial charge in [-0.2, -0.15) is 22.8 Å². The second-order valence-corrected chi connectivity index (χ2v) is 3.55. The van der Waals surface area contributed by atoms with E-state index in [-0.39, 0.29) is 11.6 Å². The molecule has 0 aromatic carbocycles. The first-order chi connectivity index (χ1) is 7.90. The first-order valence-electron chi connectivity index (χ1n) is 4.37. The molecular formula is C8H6F3N3O2S. The molecule has 0 spiro atoms. The van der Waals surface area contributed by atoms with E-state index in [1.54, 1.807) is 0 Å². The van der Waals surface area contributed by atoms with Crippen LogP contribution in [0.3, 0.4) is 0 Å². The summed E-state index contributed by atoms with van der Waals surface area (Å²) in [5, 5.41) is 8.37. The van der Waals surface area contributed by atoms with Gasteiger partial charge >= 0.3 is 12.1 Å². The third kappa shape index (κ3) is 3.13. The van der Waals surface area contributed by atoms with Crippen LogP contribution in [-0.2, 0) is 15.7 Å². The van der Waals surface area contributed by atoms with Gasteiger partial charge in [0.1, 0.15) is 5.01 Å². The van der Waals surface area contributed by atoms with Gasteiger partial charge in [0, 0.05) is 0 Å². The van der Waals surface area contributed by atoms with Crippen molar-refractivity contribution >= 4 is 17.5 Å². The third-order valence-electron chi connectivity index (χ3n) is 1.59.